The number of hydrogen-bond donors (Lipinski definition) is 0. The number of rotatable bonds is 4. The van der Waals surface area contributed by atoms with Crippen molar-refractivity contribution in [1.82, 2.24) is 0 Å². The lowest BCUT2D eigenvalue weighted by molar-refractivity contribution is -0.385. The molecule has 1 heterocycles. The largest absolute Gasteiger partial charge is 0.289 e. The Bertz CT molecular complexity index is 948. The molecule has 0 radical (unpaired) electrons. The standard InChI is InChI=1S/C18H12ClN3O3/c19-18-11-12(20-14-6-2-3-7-15(14)21-18)9-10-17(23)13-5-1-4-8-16(13)22(24)25/h1-10H,11H2/b10-9+. The van der Waals surface area contributed by atoms with Gasteiger partial charge in [-0.15, -0.1) is 0 Å². The van der Waals surface area contributed by atoms with Crippen molar-refractivity contribution >= 4 is 45.3 Å². The third-order valence-electron chi connectivity index (χ3n) is 3.51. The average Bonchev–Trinajstić information content (AvgIpc) is 2.77. The van der Waals surface area contributed by atoms with Crippen LogP contribution in [0.15, 0.2) is 70.7 Å². The van der Waals surface area contributed by atoms with Crippen molar-refractivity contribution in [3.05, 3.63) is 76.4 Å². The van der Waals surface area contributed by atoms with Gasteiger partial charge >= 0.3 is 0 Å². The third kappa shape index (κ3) is 3.87. The van der Waals surface area contributed by atoms with E-state index in [1.54, 1.807) is 18.2 Å². The van der Waals surface area contributed by atoms with Gasteiger partial charge in [0, 0.05) is 18.2 Å². The minimum Gasteiger partial charge on any atom is -0.289 e. The summed E-state index contributed by atoms with van der Waals surface area (Å²) in [5.41, 5.74) is 1.64. The van der Waals surface area contributed by atoms with Gasteiger partial charge in [0.15, 0.2) is 5.78 Å². The Morgan fingerprint density at radius 3 is 2.44 bits per heavy atom. The average molecular weight is 354 g/mol. The molecule has 0 bridgehead atoms. The predicted octanol–water partition coefficient (Wildman–Crippen LogP) is 4.78. The van der Waals surface area contributed by atoms with Crippen molar-refractivity contribution in [3.8, 4) is 0 Å². The van der Waals surface area contributed by atoms with Crippen molar-refractivity contribution < 1.29 is 9.72 Å². The maximum atomic E-state index is 12.3. The molecule has 2 aromatic carbocycles. The van der Waals surface area contributed by atoms with E-state index in [0.29, 0.717) is 22.3 Å². The summed E-state index contributed by atoms with van der Waals surface area (Å²) in [5, 5.41) is 11.4. The van der Waals surface area contributed by atoms with E-state index in [1.807, 2.05) is 12.1 Å². The first kappa shape index (κ1) is 16.7. The number of carbonyl (C=O) groups excluding carboxylic acids is 1. The number of carbonyl (C=O) groups is 1. The number of nitro groups is 1. The van der Waals surface area contributed by atoms with Gasteiger partial charge in [-0.1, -0.05) is 35.9 Å². The van der Waals surface area contributed by atoms with Gasteiger partial charge in [0.1, 0.15) is 5.17 Å². The Kier molecular flexibility index (Phi) is 4.81. The molecular formula is C18H12ClN3O3. The number of benzene rings is 2. The van der Waals surface area contributed by atoms with Crippen LogP contribution in [0.25, 0.3) is 0 Å². The highest BCUT2D eigenvalue weighted by molar-refractivity contribution is 6.67. The van der Waals surface area contributed by atoms with Crippen molar-refractivity contribution in [3.63, 3.8) is 0 Å². The van der Waals surface area contributed by atoms with Crippen molar-refractivity contribution in [2.75, 3.05) is 0 Å². The number of ketones is 1. The molecule has 1 aliphatic heterocycles. The van der Waals surface area contributed by atoms with Gasteiger partial charge in [-0.3, -0.25) is 19.9 Å². The Labute approximate surface area is 148 Å². The maximum Gasteiger partial charge on any atom is 0.280 e. The number of halogens is 1. The van der Waals surface area contributed by atoms with Gasteiger partial charge in [-0.05, 0) is 30.4 Å². The number of aliphatic imine (C=N–C) groups is 2. The van der Waals surface area contributed by atoms with Crippen LogP contribution >= 0.6 is 11.6 Å². The number of para-hydroxylation sites is 3. The first-order valence-corrected chi connectivity index (χ1v) is 7.78. The van der Waals surface area contributed by atoms with Gasteiger partial charge < -0.3 is 0 Å². The smallest absolute Gasteiger partial charge is 0.280 e. The van der Waals surface area contributed by atoms with E-state index in [1.165, 1.54) is 30.4 Å². The summed E-state index contributed by atoms with van der Waals surface area (Å²) in [7, 11) is 0. The van der Waals surface area contributed by atoms with E-state index >= 15 is 0 Å². The summed E-state index contributed by atoms with van der Waals surface area (Å²) in [6, 6.07) is 13.1. The Morgan fingerprint density at radius 1 is 1.08 bits per heavy atom. The number of hydrogen-bond acceptors (Lipinski definition) is 5. The molecule has 0 atom stereocenters. The number of nitro benzene ring substituents is 1. The summed E-state index contributed by atoms with van der Waals surface area (Å²) < 4.78 is 0. The van der Waals surface area contributed by atoms with Gasteiger partial charge in [0.25, 0.3) is 5.69 Å². The third-order valence-corrected chi connectivity index (χ3v) is 3.73. The van der Waals surface area contributed by atoms with Crippen LogP contribution in [0, 0.1) is 10.1 Å². The van der Waals surface area contributed by atoms with Crippen LogP contribution in [0.3, 0.4) is 0 Å². The molecule has 0 saturated heterocycles. The van der Waals surface area contributed by atoms with Crippen molar-refractivity contribution in [2.45, 2.75) is 6.42 Å². The first-order valence-electron chi connectivity index (χ1n) is 7.40. The molecular weight excluding hydrogens is 342 g/mol. The molecule has 6 nitrogen and oxygen atoms in total. The molecule has 3 rings (SSSR count). The summed E-state index contributed by atoms with van der Waals surface area (Å²) >= 11 is 6.10. The molecule has 1 aliphatic rings. The second-order valence-corrected chi connectivity index (χ2v) is 5.66. The van der Waals surface area contributed by atoms with E-state index in [0.717, 1.165) is 0 Å². The van der Waals surface area contributed by atoms with Gasteiger partial charge in [-0.2, -0.15) is 0 Å². The lowest BCUT2D eigenvalue weighted by Gasteiger charge is -1.99. The van der Waals surface area contributed by atoms with Crippen molar-refractivity contribution in [1.29, 1.82) is 0 Å². The Morgan fingerprint density at radius 2 is 1.72 bits per heavy atom. The molecule has 7 heteroatoms. The van der Waals surface area contributed by atoms with Crippen LogP contribution < -0.4 is 0 Å². The summed E-state index contributed by atoms with van der Waals surface area (Å²) in [4.78, 5) is 31.5. The van der Waals surface area contributed by atoms with Gasteiger partial charge in [-0.25, -0.2) is 4.99 Å². The number of fused-ring (bicyclic) bond motifs is 1. The Hall–Kier alpha value is -3.12. The van der Waals surface area contributed by atoms with Crippen LogP contribution in [-0.4, -0.2) is 21.6 Å². The summed E-state index contributed by atoms with van der Waals surface area (Å²) in [5.74, 6) is -0.472. The van der Waals surface area contributed by atoms with Crippen LogP contribution in [0.1, 0.15) is 16.8 Å². The van der Waals surface area contributed by atoms with E-state index in [9.17, 15) is 14.9 Å². The zero-order valence-electron chi connectivity index (χ0n) is 12.9. The Balaban J connectivity index is 1.90. The molecule has 0 fully saturated rings. The molecule has 0 spiro atoms. The molecule has 0 saturated carbocycles. The monoisotopic (exact) mass is 353 g/mol. The van der Waals surface area contributed by atoms with E-state index in [4.69, 9.17) is 11.6 Å². The maximum absolute atomic E-state index is 12.3. The van der Waals surface area contributed by atoms with Gasteiger partial charge in [0.2, 0.25) is 0 Å². The van der Waals surface area contributed by atoms with Crippen LogP contribution in [0.2, 0.25) is 0 Å². The molecule has 0 amide bonds. The number of allylic oxidation sites excluding steroid dienone is 2. The quantitative estimate of drug-likeness (QED) is 0.343. The van der Waals surface area contributed by atoms with E-state index in [2.05, 4.69) is 9.98 Å². The molecule has 124 valence electrons. The highest BCUT2D eigenvalue weighted by Gasteiger charge is 2.17. The fourth-order valence-corrected chi connectivity index (χ4v) is 2.59. The zero-order chi connectivity index (χ0) is 17.8. The SMILES string of the molecule is O=C(/C=C/C1=Nc2ccccc2N=C(Cl)C1)c1ccccc1[N+](=O)[O-]. The molecule has 2 aromatic rings. The molecule has 25 heavy (non-hydrogen) atoms. The molecule has 0 unspecified atom stereocenters. The second kappa shape index (κ2) is 7.19. The fourth-order valence-electron chi connectivity index (χ4n) is 2.37. The molecule has 0 N–H and O–H groups in total. The fraction of sp³-hybridized carbons (Fsp3) is 0.0556. The van der Waals surface area contributed by atoms with Crippen LogP contribution in [0.5, 0.6) is 0 Å². The van der Waals surface area contributed by atoms with Crippen molar-refractivity contribution in [2.24, 2.45) is 9.98 Å². The van der Waals surface area contributed by atoms with Crippen LogP contribution in [-0.2, 0) is 0 Å². The zero-order valence-corrected chi connectivity index (χ0v) is 13.7. The highest BCUT2D eigenvalue weighted by atomic mass is 35.5. The predicted molar refractivity (Wildman–Crippen MR) is 97.7 cm³/mol. The summed E-state index contributed by atoms with van der Waals surface area (Å²) in [6.45, 7) is 0. The topological polar surface area (TPSA) is 84.9 Å². The lowest BCUT2D eigenvalue weighted by atomic mass is 10.1. The first-order chi connectivity index (χ1) is 12.0. The van der Waals surface area contributed by atoms with E-state index < -0.39 is 10.7 Å². The molecule has 0 aromatic heterocycles. The van der Waals surface area contributed by atoms with Gasteiger partial charge in [0.05, 0.1) is 21.9 Å². The minimum absolute atomic E-state index is 0.0261. The lowest BCUT2D eigenvalue weighted by Crippen LogP contribution is -2.03. The second-order valence-electron chi connectivity index (χ2n) is 5.23. The summed E-state index contributed by atoms with van der Waals surface area (Å²) in [6.07, 6.45) is 3.05. The van der Waals surface area contributed by atoms with Crippen LogP contribution in [0.4, 0.5) is 17.1 Å². The minimum atomic E-state index is -0.579. The normalized spacial score (nSPS) is 13.6. The molecule has 0 aliphatic carbocycles. The van der Waals surface area contributed by atoms with E-state index in [-0.39, 0.29) is 17.7 Å². The highest BCUT2D eigenvalue weighted by Crippen LogP contribution is 2.31. The number of nitrogens with zero attached hydrogens (tertiary/aromatic N) is 3.